The summed E-state index contributed by atoms with van der Waals surface area (Å²) in [5.74, 6) is -0.202. The van der Waals surface area contributed by atoms with E-state index in [4.69, 9.17) is 5.73 Å². The number of nitrogens with one attached hydrogen (secondary N) is 1. The molecular formula is C13H19N5OS. The zero-order chi connectivity index (χ0) is 14.7. The molecule has 2 aromatic rings. The highest BCUT2D eigenvalue weighted by molar-refractivity contribution is 7.09. The zero-order valence-electron chi connectivity index (χ0n) is 11.9. The minimum absolute atomic E-state index is 0.0950. The molecule has 0 bridgehead atoms. The fourth-order valence-corrected chi connectivity index (χ4v) is 2.81. The molecule has 3 N–H and O–H groups in total. The molecule has 1 atom stereocenters. The van der Waals surface area contributed by atoms with E-state index in [9.17, 15) is 4.79 Å². The summed E-state index contributed by atoms with van der Waals surface area (Å²) in [6.07, 6.45) is 2.52. The van der Waals surface area contributed by atoms with E-state index in [0.717, 1.165) is 11.4 Å². The van der Waals surface area contributed by atoms with Crippen LogP contribution in [0.5, 0.6) is 0 Å². The first-order chi connectivity index (χ1) is 9.58. The molecule has 0 spiro atoms. The topological polar surface area (TPSA) is 85.8 Å². The molecule has 1 amide bonds. The Hall–Kier alpha value is -1.89. The van der Waals surface area contributed by atoms with Gasteiger partial charge in [-0.2, -0.15) is 5.10 Å². The molecule has 0 saturated heterocycles. The predicted octanol–water partition coefficient (Wildman–Crippen LogP) is 2.13. The van der Waals surface area contributed by atoms with Gasteiger partial charge in [0.05, 0.1) is 17.4 Å². The summed E-state index contributed by atoms with van der Waals surface area (Å²) in [5.41, 5.74) is 7.51. The van der Waals surface area contributed by atoms with Crippen molar-refractivity contribution >= 4 is 22.9 Å². The third kappa shape index (κ3) is 2.67. The standard InChI is InChI=1S/C13H19N5OS/c1-4-9(13-15-6-7-20-13)16-12(19)11-10(14)8(3)17-18(11)5-2/h6-7,9H,4-5,14H2,1-3H3,(H,16,19). The van der Waals surface area contributed by atoms with Gasteiger partial charge >= 0.3 is 0 Å². The molecule has 20 heavy (non-hydrogen) atoms. The average molecular weight is 293 g/mol. The van der Waals surface area contributed by atoms with Crippen LogP contribution >= 0.6 is 11.3 Å². The van der Waals surface area contributed by atoms with Gasteiger partial charge in [0.2, 0.25) is 0 Å². The minimum Gasteiger partial charge on any atom is -0.395 e. The molecule has 2 aromatic heterocycles. The van der Waals surface area contributed by atoms with Crippen LogP contribution in [0.2, 0.25) is 0 Å². The lowest BCUT2D eigenvalue weighted by Crippen LogP contribution is -2.30. The number of carbonyl (C=O) groups is 1. The van der Waals surface area contributed by atoms with Crippen LogP contribution < -0.4 is 11.1 Å². The van der Waals surface area contributed by atoms with Crippen LogP contribution in [0.1, 0.15) is 47.5 Å². The Morgan fingerprint density at radius 3 is 2.85 bits per heavy atom. The summed E-state index contributed by atoms with van der Waals surface area (Å²) in [7, 11) is 0. The summed E-state index contributed by atoms with van der Waals surface area (Å²) in [5, 5.41) is 10.0. The van der Waals surface area contributed by atoms with Crippen molar-refractivity contribution in [3.05, 3.63) is 28.0 Å². The Morgan fingerprint density at radius 2 is 2.30 bits per heavy atom. The maximum absolute atomic E-state index is 12.4. The van der Waals surface area contributed by atoms with Gasteiger partial charge < -0.3 is 11.1 Å². The number of anilines is 1. The number of carbonyl (C=O) groups excluding carboxylic acids is 1. The fraction of sp³-hybridized carbons (Fsp3) is 0.462. The Kier molecular flexibility index (Phi) is 4.39. The van der Waals surface area contributed by atoms with Gasteiger partial charge in [-0.1, -0.05) is 6.92 Å². The fourth-order valence-electron chi connectivity index (χ4n) is 2.04. The quantitative estimate of drug-likeness (QED) is 0.884. The molecule has 6 nitrogen and oxygen atoms in total. The molecule has 1 unspecified atom stereocenters. The minimum atomic E-state index is -0.202. The molecule has 0 aliphatic carbocycles. The first-order valence-corrected chi connectivity index (χ1v) is 7.49. The van der Waals surface area contributed by atoms with Crippen molar-refractivity contribution in [3.63, 3.8) is 0 Å². The van der Waals surface area contributed by atoms with Gasteiger partial charge in [-0.05, 0) is 20.3 Å². The molecule has 0 aromatic carbocycles. The second-order valence-electron chi connectivity index (χ2n) is 4.47. The Labute approximate surface area is 122 Å². The van der Waals surface area contributed by atoms with Crippen molar-refractivity contribution in [2.45, 2.75) is 39.8 Å². The van der Waals surface area contributed by atoms with Crippen LogP contribution in [-0.4, -0.2) is 20.7 Å². The van der Waals surface area contributed by atoms with Crippen LogP contribution in [0.15, 0.2) is 11.6 Å². The van der Waals surface area contributed by atoms with Crippen LogP contribution in [0.25, 0.3) is 0 Å². The second-order valence-corrected chi connectivity index (χ2v) is 5.39. The number of hydrogen-bond donors (Lipinski definition) is 2. The third-order valence-corrected chi connectivity index (χ3v) is 4.04. The Morgan fingerprint density at radius 1 is 1.55 bits per heavy atom. The van der Waals surface area contributed by atoms with Crippen molar-refractivity contribution in [1.82, 2.24) is 20.1 Å². The van der Waals surface area contributed by atoms with E-state index in [1.54, 1.807) is 17.8 Å². The molecule has 0 radical (unpaired) electrons. The van der Waals surface area contributed by atoms with Crippen LogP contribution in [-0.2, 0) is 6.54 Å². The lowest BCUT2D eigenvalue weighted by Gasteiger charge is -2.15. The van der Waals surface area contributed by atoms with E-state index in [0.29, 0.717) is 23.6 Å². The van der Waals surface area contributed by atoms with Gasteiger partial charge in [-0.15, -0.1) is 11.3 Å². The first-order valence-electron chi connectivity index (χ1n) is 6.61. The lowest BCUT2D eigenvalue weighted by atomic mass is 10.2. The molecule has 0 saturated carbocycles. The summed E-state index contributed by atoms with van der Waals surface area (Å²) in [4.78, 5) is 16.7. The van der Waals surface area contributed by atoms with Gasteiger partial charge in [-0.3, -0.25) is 9.48 Å². The van der Waals surface area contributed by atoms with E-state index in [1.165, 1.54) is 11.3 Å². The molecule has 0 aliphatic rings. The third-order valence-electron chi connectivity index (χ3n) is 3.15. The number of hydrogen-bond acceptors (Lipinski definition) is 5. The number of aromatic nitrogens is 3. The highest BCUT2D eigenvalue weighted by Gasteiger charge is 2.22. The van der Waals surface area contributed by atoms with Crippen LogP contribution in [0.3, 0.4) is 0 Å². The van der Waals surface area contributed by atoms with Crippen LogP contribution in [0.4, 0.5) is 5.69 Å². The van der Waals surface area contributed by atoms with Crippen molar-refractivity contribution in [2.24, 2.45) is 0 Å². The molecule has 108 valence electrons. The van der Waals surface area contributed by atoms with Crippen molar-refractivity contribution in [1.29, 1.82) is 0 Å². The molecule has 0 aliphatic heterocycles. The number of nitrogen functional groups attached to an aromatic ring is 1. The van der Waals surface area contributed by atoms with Crippen molar-refractivity contribution in [2.75, 3.05) is 5.73 Å². The van der Waals surface area contributed by atoms with Gasteiger partial charge in [0, 0.05) is 18.1 Å². The number of aryl methyl sites for hydroxylation is 2. The summed E-state index contributed by atoms with van der Waals surface area (Å²) >= 11 is 1.53. The SMILES string of the molecule is CCC(NC(=O)c1c(N)c(C)nn1CC)c1nccs1. The zero-order valence-corrected chi connectivity index (χ0v) is 12.7. The average Bonchev–Trinajstić information content (AvgIpc) is 3.05. The lowest BCUT2D eigenvalue weighted by molar-refractivity contribution is 0.0925. The maximum Gasteiger partial charge on any atom is 0.272 e. The van der Waals surface area contributed by atoms with Gasteiger partial charge in [0.15, 0.2) is 0 Å². The normalized spacial score (nSPS) is 12.3. The Balaban J connectivity index is 2.24. The summed E-state index contributed by atoms with van der Waals surface area (Å²) < 4.78 is 1.63. The molecule has 7 heteroatoms. The van der Waals surface area contributed by atoms with Gasteiger partial charge in [0.25, 0.3) is 5.91 Å². The van der Waals surface area contributed by atoms with Crippen molar-refractivity contribution < 1.29 is 4.79 Å². The highest BCUT2D eigenvalue weighted by Crippen LogP contribution is 2.21. The maximum atomic E-state index is 12.4. The van der Waals surface area contributed by atoms with E-state index in [1.807, 2.05) is 19.2 Å². The number of amides is 1. The number of nitrogens with two attached hydrogens (primary N) is 1. The van der Waals surface area contributed by atoms with E-state index >= 15 is 0 Å². The number of thiazole rings is 1. The summed E-state index contributed by atoms with van der Waals surface area (Å²) in [6, 6.07) is -0.0950. The van der Waals surface area contributed by atoms with Crippen molar-refractivity contribution in [3.8, 4) is 0 Å². The van der Waals surface area contributed by atoms with E-state index < -0.39 is 0 Å². The largest absolute Gasteiger partial charge is 0.395 e. The second kappa shape index (κ2) is 6.04. The Bertz CT molecular complexity index is 590. The number of rotatable bonds is 5. The molecular weight excluding hydrogens is 274 g/mol. The molecule has 2 heterocycles. The molecule has 2 rings (SSSR count). The van der Waals surface area contributed by atoms with Gasteiger partial charge in [-0.25, -0.2) is 4.98 Å². The molecule has 0 fully saturated rings. The van der Waals surface area contributed by atoms with Gasteiger partial charge in [0.1, 0.15) is 10.7 Å². The van der Waals surface area contributed by atoms with Crippen LogP contribution in [0, 0.1) is 6.92 Å². The predicted molar refractivity (Wildman–Crippen MR) is 79.7 cm³/mol. The summed E-state index contributed by atoms with van der Waals surface area (Å²) in [6.45, 7) is 6.35. The monoisotopic (exact) mass is 293 g/mol. The highest BCUT2D eigenvalue weighted by atomic mass is 32.1. The first kappa shape index (κ1) is 14.5. The number of nitrogens with zero attached hydrogens (tertiary/aromatic N) is 3. The smallest absolute Gasteiger partial charge is 0.272 e. The van der Waals surface area contributed by atoms with E-state index in [2.05, 4.69) is 15.4 Å². The van der Waals surface area contributed by atoms with E-state index in [-0.39, 0.29) is 11.9 Å².